The molecule has 4 rings (SSSR count). The number of hydrogen-bond acceptors (Lipinski definition) is 4. The first kappa shape index (κ1) is 15.8. The summed E-state index contributed by atoms with van der Waals surface area (Å²) in [7, 11) is 0. The Morgan fingerprint density at radius 1 is 1.28 bits per heavy atom. The van der Waals surface area contributed by atoms with Crippen LogP contribution in [-0.4, -0.2) is 50.3 Å². The lowest BCUT2D eigenvalue weighted by molar-refractivity contribution is 0.0639. The zero-order chi connectivity index (χ0) is 17.6. The predicted octanol–water partition coefficient (Wildman–Crippen LogP) is 1.43. The van der Waals surface area contributed by atoms with E-state index in [1.54, 1.807) is 0 Å². The molecule has 7 heteroatoms. The molecule has 1 N–H and O–H groups in total. The molecule has 1 aromatic carbocycles. The number of carbonyl (C=O) groups excluding carboxylic acids is 2. The summed E-state index contributed by atoms with van der Waals surface area (Å²) >= 11 is 0. The maximum Gasteiger partial charge on any atom is 0.277 e. The second-order valence-corrected chi connectivity index (χ2v) is 7.31. The highest BCUT2D eigenvalue weighted by Gasteiger charge is 2.44. The molecule has 2 aliphatic heterocycles. The van der Waals surface area contributed by atoms with Gasteiger partial charge in [0, 0.05) is 24.5 Å². The predicted molar refractivity (Wildman–Crippen MR) is 91.3 cm³/mol. The summed E-state index contributed by atoms with van der Waals surface area (Å²) in [5.74, 6) is -0.224. The zero-order valence-corrected chi connectivity index (χ0v) is 14.4. The average Bonchev–Trinajstić information content (AvgIpc) is 3.17. The number of rotatable bonds is 2. The summed E-state index contributed by atoms with van der Waals surface area (Å²) in [6.07, 6.45) is 0.873. The van der Waals surface area contributed by atoms with E-state index in [1.807, 2.05) is 23.1 Å². The van der Waals surface area contributed by atoms with Gasteiger partial charge in [-0.15, -0.1) is 5.10 Å². The van der Waals surface area contributed by atoms with E-state index in [0.29, 0.717) is 19.6 Å². The van der Waals surface area contributed by atoms with Gasteiger partial charge in [-0.05, 0) is 25.8 Å². The van der Waals surface area contributed by atoms with Crippen LogP contribution in [0.25, 0.3) is 0 Å². The second kappa shape index (κ2) is 5.68. The third-order valence-corrected chi connectivity index (χ3v) is 5.16. The fourth-order valence-electron chi connectivity index (χ4n) is 3.88. The molecule has 1 aromatic heterocycles. The third kappa shape index (κ3) is 2.59. The van der Waals surface area contributed by atoms with Gasteiger partial charge in [-0.1, -0.05) is 35.5 Å². The van der Waals surface area contributed by atoms with Gasteiger partial charge < -0.3 is 10.2 Å². The number of benzene rings is 1. The Morgan fingerprint density at radius 2 is 2.04 bits per heavy atom. The summed E-state index contributed by atoms with van der Waals surface area (Å²) in [4.78, 5) is 27.1. The molecule has 0 aliphatic carbocycles. The van der Waals surface area contributed by atoms with Crippen molar-refractivity contribution in [2.75, 3.05) is 13.1 Å². The van der Waals surface area contributed by atoms with Crippen molar-refractivity contribution >= 4 is 11.8 Å². The monoisotopic (exact) mass is 339 g/mol. The van der Waals surface area contributed by atoms with Gasteiger partial charge in [0.05, 0.1) is 6.54 Å². The Kier molecular flexibility index (Phi) is 3.59. The van der Waals surface area contributed by atoms with Crippen LogP contribution in [0.2, 0.25) is 0 Å². The van der Waals surface area contributed by atoms with Crippen molar-refractivity contribution in [2.24, 2.45) is 0 Å². The van der Waals surface area contributed by atoms with Crippen molar-refractivity contribution in [1.29, 1.82) is 0 Å². The lowest BCUT2D eigenvalue weighted by Gasteiger charge is -2.31. The van der Waals surface area contributed by atoms with Crippen LogP contribution in [-0.2, 0) is 6.54 Å². The largest absolute Gasteiger partial charge is 0.349 e. The highest BCUT2D eigenvalue weighted by atomic mass is 16.2. The van der Waals surface area contributed by atoms with Gasteiger partial charge in [0.25, 0.3) is 11.8 Å². The van der Waals surface area contributed by atoms with Gasteiger partial charge in [0.15, 0.2) is 11.4 Å². The smallest absolute Gasteiger partial charge is 0.277 e. The average molecular weight is 339 g/mol. The van der Waals surface area contributed by atoms with E-state index in [0.717, 1.165) is 6.42 Å². The molecule has 130 valence electrons. The number of likely N-dealkylation sites (tertiary alicyclic amines) is 1. The molecule has 25 heavy (non-hydrogen) atoms. The number of nitrogens with one attached hydrogen (secondary N) is 1. The molecule has 7 nitrogen and oxygen atoms in total. The van der Waals surface area contributed by atoms with Crippen molar-refractivity contribution in [1.82, 2.24) is 25.2 Å². The Morgan fingerprint density at radius 3 is 2.80 bits per heavy atom. The van der Waals surface area contributed by atoms with Crippen molar-refractivity contribution in [3.63, 3.8) is 0 Å². The molecule has 0 saturated carbocycles. The van der Waals surface area contributed by atoms with Gasteiger partial charge >= 0.3 is 0 Å². The first-order valence-electron chi connectivity index (χ1n) is 8.56. The van der Waals surface area contributed by atoms with Crippen molar-refractivity contribution in [3.05, 3.63) is 47.3 Å². The number of carbonyl (C=O) groups is 2. The van der Waals surface area contributed by atoms with Gasteiger partial charge in [0.2, 0.25) is 0 Å². The van der Waals surface area contributed by atoms with E-state index in [-0.39, 0.29) is 34.7 Å². The van der Waals surface area contributed by atoms with Crippen molar-refractivity contribution < 1.29 is 9.59 Å². The first-order chi connectivity index (χ1) is 12.0. The number of fused-ring (bicyclic) bond motifs is 1. The molecule has 3 heterocycles. The van der Waals surface area contributed by atoms with Crippen LogP contribution in [0.1, 0.15) is 52.7 Å². The normalized spacial score (nSPS) is 21.8. The van der Waals surface area contributed by atoms with E-state index < -0.39 is 0 Å². The second-order valence-electron chi connectivity index (χ2n) is 7.31. The van der Waals surface area contributed by atoms with Crippen LogP contribution in [0.3, 0.4) is 0 Å². The Balaban J connectivity index is 1.64. The molecule has 1 fully saturated rings. The molecule has 0 bridgehead atoms. The Hall–Kier alpha value is -2.70. The van der Waals surface area contributed by atoms with E-state index in [9.17, 15) is 9.59 Å². The summed E-state index contributed by atoms with van der Waals surface area (Å²) < 4.78 is 1.52. The summed E-state index contributed by atoms with van der Waals surface area (Å²) in [6, 6.07) is 10.2. The van der Waals surface area contributed by atoms with Gasteiger partial charge in [-0.3, -0.25) is 9.59 Å². The molecule has 2 aliphatic rings. The topological polar surface area (TPSA) is 80.1 Å². The molecular formula is C18H21N5O2. The van der Waals surface area contributed by atoms with E-state index in [4.69, 9.17) is 0 Å². The fourth-order valence-corrected chi connectivity index (χ4v) is 3.88. The van der Waals surface area contributed by atoms with Crippen LogP contribution >= 0.6 is 0 Å². The number of hydrogen-bond donors (Lipinski definition) is 1. The van der Waals surface area contributed by atoms with Gasteiger partial charge in [-0.25, -0.2) is 4.68 Å². The van der Waals surface area contributed by atoms with Crippen LogP contribution in [0.5, 0.6) is 0 Å². The standard InChI is InChI=1S/C18H21N5O2/c1-18(2)10-13(12-6-4-3-5-7-12)11-22(18)17(25)14-15-16(24)19-8-9-23(15)21-20-14/h3-7,13H,8-11H2,1-2H3,(H,19,24). The Labute approximate surface area is 146 Å². The summed E-state index contributed by atoms with van der Waals surface area (Å²) in [6.45, 7) is 5.78. The molecule has 1 saturated heterocycles. The molecule has 2 amide bonds. The van der Waals surface area contributed by atoms with Crippen LogP contribution in [0, 0.1) is 0 Å². The number of aromatic nitrogens is 3. The zero-order valence-electron chi connectivity index (χ0n) is 14.4. The number of nitrogens with zero attached hydrogens (tertiary/aromatic N) is 4. The summed E-state index contributed by atoms with van der Waals surface area (Å²) in [5.41, 5.74) is 1.35. The van der Waals surface area contributed by atoms with Crippen molar-refractivity contribution in [2.45, 2.75) is 38.3 Å². The molecule has 0 spiro atoms. The Bertz CT molecular complexity index is 827. The minimum atomic E-state index is -0.306. The van der Waals surface area contributed by atoms with E-state index in [1.165, 1.54) is 10.2 Å². The fraction of sp³-hybridized carbons (Fsp3) is 0.444. The first-order valence-corrected chi connectivity index (χ1v) is 8.56. The van der Waals surface area contributed by atoms with Crippen LogP contribution in [0.15, 0.2) is 30.3 Å². The van der Waals surface area contributed by atoms with E-state index >= 15 is 0 Å². The van der Waals surface area contributed by atoms with Crippen LogP contribution < -0.4 is 5.32 Å². The van der Waals surface area contributed by atoms with Gasteiger partial charge in [-0.2, -0.15) is 0 Å². The SMILES string of the molecule is CC1(C)CC(c2ccccc2)CN1C(=O)c1nnn2c1C(=O)NCC2. The maximum atomic E-state index is 13.1. The molecule has 2 aromatic rings. The quantitative estimate of drug-likeness (QED) is 0.897. The number of amides is 2. The lowest BCUT2D eigenvalue weighted by atomic mass is 9.91. The minimum Gasteiger partial charge on any atom is -0.349 e. The highest BCUT2D eigenvalue weighted by molar-refractivity contribution is 6.05. The minimum absolute atomic E-state index is 0.152. The lowest BCUT2D eigenvalue weighted by Crippen LogP contribution is -2.44. The summed E-state index contributed by atoms with van der Waals surface area (Å²) in [5, 5.41) is 10.8. The molecule has 1 unspecified atom stereocenters. The molecular weight excluding hydrogens is 318 g/mol. The van der Waals surface area contributed by atoms with Crippen LogP contribution in [0.4, 0.5) is 0 Å². The third-order valence-electron chi connectivity index (χ3n) is 5.16. The van der Waals surface area contributed by atoms with Gasteiger partial charge in [0.1, 0.15) is 0 Å². The van der Waals surface area contributed by atoms with Crippen molar-refractivity contribution in [3.8, 4) is 0 Å². The molecule has 1 atom stereocenters. The van der Waals surface area contributed by atoms with E-state index in [2.05, 4.69) is 41.6 Å². The maximum absolute atomic E-state index is 13.1. The molecule has 0 radical (unpaired) electrons. The highest BCUT2D eigenvalue weighted by Crippen LogP contribution is 2.39.